The molecule has 0 aromatic heterocycles. The topological polar surface area (TPSA) is 51.2 Å². The molecule has 2 aromatic carbocycles. The van der Waals surface area contributed by atoms with Gasteiger partial charge in [-0.05, 0) is 69.4 Å². The molecule has 0 aliphatic carbocycles. The van der Waals surface area contributed by atoms with Crippen molar-refractivity contribution in [1.82, 2.24) is 9.80 Å². The van der Waals surface area contributed by atoms with Crippen molar-refractivity contribution in [2.24, 2.45) is 5.92 Å². The first-order valence-electron chi connectivity index (χ1n) is 11.8. The predicted molar refractivity (Wildman–Crippen MR) is 124 cm³/mol. The van der Waals surface area contributed by atoms with Gasteiger partial charge in [-0.25, -0.2) is 9.18 Å². The van der Waals surface area contributed by atoms with Gasteiger partial charge >= 0.3 is 6.09 Å². The quantitative estimate of drug-likeness (QED) is 0.669. The number of carbonyl (C=O) groups excluding carboxylic acids is 1. The third kappa shape index (κ3) is 6.60. The van der Waals surface area contributed by atoms with Crippen LogP contribution in [0, 0.1) is 11.7 Å². The van der Waals surface area contributed by atoms with E-state index in [9.17, 15) is 9.18 Å². The fourth-order valence-corrected chi connectivity index (χ4v) is 4.51. The fraction of sp³-hybridized carbons (Fsp3) is 0.500. The van der Waals surface area contributed by atoms with E-state index in [0.717, 1.165) is 25.3 Å². The van der Waals surface area contributed by atoms with Gasteiger partial charge in [-0.2, -0.15) is 0 Å². The Hall–Kier alpha value is -2.80. The average Bonchev–Trinajstić information content (AvgIpc) is 3.18. The van der Waals surface area contributed by atoms with Crippen LogP contribution in [-0.2, 0) is 11.2 Å². The van der Waals surface area contributed by atoms with Gasteiger partial charge in [0.25, 0.3) is 0 Å². The van der Waals surface area contributed by atoms with Crippen LogP contribution in [0.3, 0.4) is 0 Å². The van der Waals surface area contributed by atoms with Crippen molar-refractivity contribution in [2.45, 2.75) is 31.7 Å². The molecule has 2 fully saturated rings. The Labute approximate surface area is 195 Å². The molecule has 33 heavy (non-hydrogen) atoms. The van der Waals surface area contributed by atoms with Crippen molar-refractivity contribution in [1.29, 1.82) is 0 Å². The number of benzene rings is 2. The molecule has 0 spiro atoms. The van der Waals surface area contributed by atoms with Crippen LogP contribution in [0.2, 0.25) is 0 Å². The van der Waals surface area contributed by atoms with Crippen LogP contribution in [0.5, 0.6) is 11.5 Å². The zero-order chi connectivity index (χ0) is 23.0. The van der Waals surface area contributed by atoms with Crippen molar-refractivity contribution in [3.8, 4) is 11.5 Å². The lowest BCUT2D eigenvalue weighted by atomic mass is 9.93. The fourth-order valence-electron chi connectivity index (χ4n) is 4.51. The van der Waals surface area contributed by atoms with Crippen LogP contribution in [-0.4, -0.2) is 68.4 Å². The van der Waals surface area contributed by atoms with Crippen LogP contribution in [0.25, 0.3) is 0 Å². The van der Waals surface area contributed by atoms with Gasteiger partial charge in [0.1, 0.15) is 25.6 Å². The highest BCUT2D eigenvalue weighted by molar-refractivity contribution is 5.70. The minimum Gasteiger partial charge on any atom is -0.486 e. The molecule has 3 aliphatic heterocycles. The third-order valence-corrected chi connectivity index (χ3v) is 6.51. The van der Waals surface area contributed by atoms with Crippen molar-refractivity contribution >= 4 is 6.09 Å². The maximum absolute atomic E-state index is 12.6. The minimum atomic E-state index is -0.297. The maximum atomic E-state index is 12.6. The van der Waals surface area contributed by atoms with Crippen molar-refractivity contribution in [3.63, 3.8) is 0 Å². The third-order valence-electron chi connectivity index (χ3n) is 6.51. The van der Waals surface area contributed by atoms with Crippen LogP contribution >= 0.6 is 0 Å². The summed E-state index contributed by atoms with van der Waals surface area (Å²) in [6.07, 6.45) is 4.37. The highest BCUT2D eigenvalue weighted by Crippen LogP contribution is 2.30. The molecule has 6 nitrogen and oxygen atoms in total. The molecule has 1 amide bonds. The number of hydrogen-bond acceptors (Lipinski definition) is 5. The van der Waals surface area contributed by atoms with Gasteiger partial charge in [0.05, 0.1) is 6.04 Å². The standard InChI is InChI=1S/C18H26N2O2.C8H7FO2/c1-19-10-7-15(8-11-19)9-12-20-17(14-22-18(20)21)13-16-5-3-2-4-6-16;9-6-1-2-7-8(5-6)11-4-3-10-7/h2-6,15,17H,7-14H2,1H3;1-2,5H,3-4H2. The molecule has 178 valence electrons. The van der Waals surface area contributed by atoms with E-state index >= 15 is 0 Å². The summed E-state index contributed by atoms with van der Waals surface area (Å²) in [5.41, 5.74) is 1.27. The summed E-state index contributed by atoms with van der Waals surface area (Å²) in [4.78, 5) is 16.3. The van der Waals surface area contributed by atoms with Crippen LogP contribution in [0.15, 0.2) is 48.5 Å². The number of carbonyl (C=O) groups is 1. The molecule has 0 saturated carbocycles. The van der Waals surface area contributed by atoms with Gasteiger partial charge in [0.2, 0.25) is 0 Å². The minimum absolute atomic E-state index is 0.131. The largest absolute Gasteiger partial charge is 0.486 e. The number of hydrogen-bond donors (Lipinski definition) is 0. The van der Waals surface area contributed by atoms with Crippen molar-refractivity contribution in [2.75, 3.05) is 46.5 Å². The van der Waals surface area contributed by atoms with E-state index in [4.69, 9.17) is 14.2 Å². The molecule has 3 aliphatic rings. The molecule has 0 N–H and O–H groups in total. The van der Waals surface area contributed by atoms with Gasteiger partial charge in [0.15, 0.2) is 11.5 Å². The summed E-state index contributed by atoms with van der Waals surface area (Å²) < 4.78 is 28.2. The second kappa shape index (κ2) is 11.4. The number of cyclic esters (lactones) is 1. The van der Waals surface area contributed by atoms with Crippen LogP contribution in [0.1, 0.15) is 24.8 Å². The zero-order valence-corrected chi connectivity index (χ0v) is 19.2. The number of fused-ring (bicyclic) bond motifs is 1. The molecule has 0 radical (unpaired) electrons. The van der Waals surface area contributed by atoms with E-state index in [1.54, 1.807) is 6.07 Å². The second-order valence-corrected chi connectivity index (χ2v) is 8.94. The van der Waals surface area contributed by atoms with E-state index in [0.29, 0.717) is 31.3 Å². The summed E-state index contributed by atoms with van der Waals surface area (Å²) in [6, 6.07) is 14.8. The van der Waals surface area contributed by atoms with Crippen LogP contribution in [0.4, 0.5) is 9.18 Å². The molecular formula is C26H33FN2O4. The van der Waals surface area contributed by atoms with Gasteiger partial charge in [-0.1, -0.05) is 30.3 Å². The molecule has 1 atom stereocenters. The number of halogens is 1. The van der Waals surface area contributed by atoms with E-state index < -0.39 is 0 Å². The number of ether oxygens (including phenoxy) is 3. The average molecular weight is 457 g/mol. The van der Waals surface area contributed by atoms with E-state index in [1.165, 1.54) is 43.6 Å². The highest BCUT2D eigenvalue weighted by atomic mass is 19.1. The molecule has 7 heteroatoms. The molecule has 1 unspecified atom stereocenters. The summed E-state index contributed by atoms with van der Waals surface area (Å²) in [7, 11) is 2.18. The van der Waals surface area contributed by atoms with Gasteiger partial charge in [-0.15, -0.1) is 0 Å². The van der Waals surface area contributed by atoms with E-state index in [-0.39, 0.29) is 18.0 Å². The summed E-state index contributed by atoms with van der Waals surface area (Å²) in [6.45, 7) is 4.77. The predicted octanol–water partition coefficient (Wildman–Crippen LogP) is 4.38. The Bertz CT molecular complexity index is 902. The van der Waals surface area contributed by atoms with Crippen LogP contribution < -0.4 is 9.47 Å². The first-order valence-corrected chi connectivity index (χ1v) is 11.8. The van der Waals surface area contributed by atoms with Gasteiger partial charge in [-0.3, -0.25) is 0 Å². The molecule has 2 saturated heterocycles. The Balaban J connectivity index is 0.000000196. The Kier molecular flexibility index (Phi) is 8.05. The SMILES string of the molecule is CN1CCC(CCN2C(=O)OCC2Cc2ccccc2)CC1.Fc1ccc2c(c1)OCCO2. The van der Waals surface area contributed by atoms with Crippen molar-refractivity contribution in [3.05, 3.63) is 59.9 Å². The second-order valence-electron chi connectivity index (χ2n) is 8.94. The molecule has 2 aromatic rings. The summed E-state index contributed by atoms with van der Waals surface area (Å²) in [5, 5.41) is 0. The summed E-state index contributed by atoms with van der Waals surface area (Å²) in [5.74, 6) is 1.57. The van der Waals surface area contributed by atoms with Gasteiger partial charge in [0, 0.05) is 12.6 Å². The Morgan fingerprint density at radius 3 is 2.45 bits per heavy atom. The van der Waals surface area contributed by atoms with Gasteiger partial charge < -0.3 is 24.0 Å². The Morgan fingerprint density at radius 1 is 0.970 bits per heavy atom. The molecule has 5 rings (SSSR count). The van der Waals surface area contributed by atoms with Crippen molar-refractivity contribution < 1.29 is 23.4 Å². The zero-order valence-electron chi connectivity index (χ0n) is 19.2. The number of likely N-dealkylation sites (tertiary alicyclic amines) is 1. The van der Waals surface area contributed by atoms with E-state index in [2.05, 4.69) is 36.2 Å². The number of rotatable bonds is 5. The lowest BCUT2D eigenvalue weighted by Gasteiger charge is -2.30. The number of amides is 1. The molecule has 3 heterocycles. The smallest absolute Gasteiger partial charge is 0.410 e. The summed E-state index contributed by atoms with van der Waals surface area (Å²) >= 11 is 0. The monoisotopic (exact) mass is 456 g/mol. The number of piperidine rings is 1. The lowest BCUT2D eigenvalue weighted by molar-refractivity contribution is 0.151. The first kappa shape index (κ1) is 23.4. The number of nitrogens with zero attached hydrogens (tertiary/aromatic N) is 2. The Morgan fingerprint density at radius 2 is 1.70 bits per heavy atom. The normalized spacial score (nSPS) is 20.7. The maximum Gasteiger partial charge on any atom is 0.410 e. The molecular weight excluding hydrogens is 423 g/mol. The first-order chi connectivity index (χ1) is 16.1. The lowest BCUT2D eigenvalue weighted by Crippen LogP contribution is -2.38. The molecule has 0 bridgehead atoms. The van der Waals surface area contributed by atoms with E-state index in [1.807, 2.05) is 11.0 Å². The highest BCUT2D eigenvalue weighted by Gasteiger charge is 2.33.